The summed E-state index contributed by atoms with van der Waals surface area (Å²) in [6, 6.07) is 6.56. The van der Waals surface area contributed by atoms with Gasteiger partial charge in [-0.1, -0.05) is 6.07 Å². The van der Waals surface area contributed by atoms with Gasteiger partial charge in [0.05, 0.1) is 0 Å². The number of aromatic nitrogens is 3. The summed E-state index contributed by atoms with van der Waals surface area (Å²) in [6.45, 7) is 3.99. The molecule has 0 amide bonds. The highest BCUT2D eigenvalue weighted by atomic mass is 127. The Morgan fingerprint density at radius 1 is 1.07 bits per heavy atom. The number of aliphatic imine (C=N–C) groups is 1. The summed E-state index contributed by atoms with van der Waals surface area (Å²) in [5.41, 5.74) is -0.0159. The zero-order valence-electron chi connectivity index (χ0n) is 15.3. The molecule has 7 nitrogen and oxygen atoms in total. The molecule has 2 aromatic rings. The molecule has 3 N–H and O–H groups in total. The third kappa shape index (κ3) is 8.67. The summed E-state index contributed by atoms with van der Waals surface area (Å²) < 4.78 is 37.9. The quantitative estimate of drug-likeness (QED) is 0.220. The maximum atomic E-state index is 12.6. The van der Waals surface area contributed by atoms with Crippen LogP contribution in [0.4, 0.5) is 19.1 Å². The van der Waals surface area contributed by atoms with E-state index in [1.807, 2.05) is 25.1 Å². The largest absolute Gasteiger partial charge is 0.433 e. The van der Waals surface area contributed by atoms with Gasteiger partial charge in [0.25, 0.3) is 0 Å². The maximum absolute atomic E-state index is 12.6. The van der Waals surface area contributed by atoms with Gasteiger partial charge in [0, 0.05) is 50.7 Å². The third-order valence-corrected chi connectivity index (χ3v) is 3.35. The van der Waals surface area contributed by atoms with Crippen molar-refractivity contribution in [3.8, 4) is 0 Å². The standard InChI is InChI=1S/C17H22F3N7.HI/c1-2-21-15(23-9-6-13-5-3-4-8-22-13)25-11-12-26-16-24-10-7-14(27-16)17(18,19)20;/h3-5,7-8,10H,2,6,9,11-12H2,1H3,(H2,21,23,25)(H,24,26,27);1H. The lowest BCUT2D eigenvalue weighted by molar-refractivity contribution is -0.141. The minimum atomic E-state index is -4.49. The first-order chi connectivity index (χ1) is 13.0. The zero-order chi connectivity index (χ0) is 19.5. The fourth-order valence-corrected chi connectivity index (χ4v) is 2.13. The summed E-state index contributed by atoms with van der Waals surface area (Å²) in [5.74, 6) is 0.559. The summed E-state index contributed by atoms with van der Waals surface area (Å²) in [4.78, 5) is 15.9. The Balaban J connectivity index is 0.00000392. The molecule has 0 aliphatic rings. The van der Waals surface area contributed by atoms with Gasteiger partial charge >= 0.3 is 6.18 Å². The third-order valence-electron chi connectivity index (χ3n) is 3.35. The lowest BCUT2D eigenvalue weighted by Gasteiger charge is -2.12. The number of hydrogen-bond donors (Lipinski definition) is 3. The van der Waals surface area contributed by atoms with Gasteiger partial charge < -0.3 is 16.0 Å². The maximum Gasteiger partial charge on any atom is 0.433 e. The van der Waals surface area contributed by atoms with Crippen molar-refractivity contribution in [1.82, 2.24) is 25.6 Å². The van der Waals surface area contributed by atoms with Gasteiger partial charge in [-0.2, -0.15) is 13.2 Å². The van der Waals surface area contributed by atoms with Crippen LogP contribution in [-0.4, -0.2) is 47.1 Å². The molecular weight excluding hydrogens is 486 g/mol. The van der Waals surface area contributed by atoms with Gasteiger partial charge in [-0.25, -0.2) is 9.97 Å². The molecule has 0 radical (unpaired) electrons. The fraction of sp³-hybridized carbons (Fsp3) is 0.412. The highest BCUT2D eigenvalue weighted by molar-refractivity contribution is 14.0. The van der Waals surface area contributed by atoms with E-state index >= 15 is 0 Å². The average molecular weight is 509 g/mol. The molecule has 0 atom stereocenters. The molecule has 11 heteroatoms. The number of nitrogens with zero attached hydrogens (tertiary/aromatic N) is 4. The zero-order valence-corrected chi connectivity index (χ0v) is 17.7. The van der Waals surface area contributed by atoms with Gasteiger partial charge in [-0.15, -0.1) is 24.0 Å². The minimum Gasteiger partial charge on any atom is -0.357 e. The van der Waals surface area contributed by atoms with Crippen LogP contribution < -0.4 is 16.0 Å². The van der Waals surface area contributed by atoms with Crippen LogP contribution in [0.25, 0.3) is 0 Å². The average Bonchev–Trinajstić information content (AvgIpc) is 2.65. The molecule has 0 unspecified atom stereocenters. The predicted octanol–water partition coefficient (Wildman–Crippen LogP) is 2.72. The van der Waals surface area contributed by atoms with Crippen molar-refractivity contribution in [2.75, 3.05) is 31.5 Å². The topological polar surface area (TPSA) is 87.1 Å². The number of anilines is 1. The van der Waals surface area contributed by atoms with Crippen LogP contribution in [0.2, 0.25) is 0 Å². The van der Waals surface area contributed by atoms with E-state index in [-0.39, 0.29) is 29.9 Å². The Morgan fingerprint density at radius 3 is 2.57 bits per heavy atom. The van der Waals surface area contributed by atoms with Crippen LogP contribution in [0, 0.1) is 0 Å². The molecule has 0 spiro atoms. The van der Waals surface area contributed by atoms with E-state index in [2.05, 4.69) is 35.9 Å². The Morgan fingerprint density at radius 2 is 1.89 bits per heavy atom. The number of rotatable bonds is 8. The van der Waals surface area contributed by atoms with E-state index in [4.69, 9.17) is 0 Å². The molecule has 2 aromatic heterocycles. The molecule has 0 fully saturated rings. The van der Waals surface area contributed by atoms with E-state index in [0.717, 1.165) is 18.0 Å². The van der Waals surface area contributed by atoms with Crippen molar-refractivity contribution in [1.29, 1.82) is 0 Å². The molecule has 2 heterocycles. The molecule has 0 bridgehead atoms. The van der Waals surface area contributed by atoms with Crippen LogP contribution in [0.1, 0.15) is 18.3 Å². The Bertz CT molecular complexity index is 726. The molecular formula is C17H23F3IN7. The van der Waals surface area contributed by atoms with Gasteiger partial charge in [-0.05, 0) is 25.1 Å². The Kier molecular flexibility index (Phi) is 10.5. The first-order valence-electron chi connectivity index (χ1n) is 8.55. The summed E-state index contributed by atoms with van der Waals surface area (Å²) in [7, 11) is 0. The van der Waals surface area contributed by atoms with Crippen molar-refractivity contribution in [2.24, 2.45) is 4.99 Å². The fourth-order valence-electron chi connectivity index (χ4n) is 2.13. The molecule has 28 heavy (non-hydrogen) atoms. The molecule has 0 aliphatic carbocycles. The normalized spacial score (nSPS) is 11.5. The van der Waals surface area contributed by atoms with Crippen molar-refractivity contribution in [3.63, 3.8) is 0 Å². The molecule has 0 aromatic carbocycles. The van der Waals surface area contributed by atoms with Gasteiger partial charge in [-0.3, -0.25) is 9.98 Å². The molecule has 0 aliphatic heterocycles. The molecule has 0 saturated heterocycles. The summed E-state index contributed by atoms with van der Waals surface area (Å²) in [5, 5.41) is 8.97. The highest BCUT2D eigenvalue weighted by Crippen LogP contribution is 2.27. The predicted molar refractivity (Wildman–Crippen MR) is 113 cm³/mol. The van der Waals surface area contributed by atoms with Crippen LogP contribution in [0.5, 0.6) is 0 Å². The first-order valence-corrected chi connectivity index (χ1v) is 8.55. The van der Waals surface area contributed by atoms with E-state index in [9.17, 15) is 13.2 Å². The van der Waals surface area contributed by atoms with Crippen molar-refractivity contribution >= 4 is 35.9 Å². The van der Waals surface area contributed by atoms with Crippen LogP contribution in [-0.2, 0) is 12.6 Å². The van der Waals surface area contributed by atoms with Crippen molar-refractivity contribution < 1.29 is 13.2 Å². The van der Waals surface area contributed by atoms with E-state index in [1.165, 1.54) is 0 Å². The number of halogens is 4. The SMILES string of the molecule is CCNC(=NCCc1ccccn1)NCCNc1nccc(C(F)(F)F)n1.I. The van der Waals surface area contributed by atoms with Gasteiger partial charge in [0.1, 0.15) is 5.69 Å². The minimum absolute atomic E-state index is 0. The molecule has 154 valence electrons. The van der Waals surface area contributed by atoms with Crippen LogP contribution >= 0.6 is 24.0 Å². The number of alkyl halides is 3. The Hall–Kier alpha value is -2.18. The van der Waals surface area contributed by atoms with E-state index < -0.39 is 11.9 Å². The van der Waals surface area contributed by atoms with Crippen molar-refractivity contribution in [2.45, 2.75) is 19.5 Å². The lowest BCUT2D eigenvalue weighted by atomic mass is 10.3. The Labute approximate surface area is 178 Å². The monoisotopic (exact) mass is 509 g/mol. The number of guanidine groups is 1. The van der Waals surface area contributed by atoms with Gasteiger partial charge in [0.2, 0.25) is 5.95 Å². The highest BCUT2D eigenvalue weighted by Gasteiger charge is 2.32. The summed E-state index contributed by atoms with van der Waals surface area (Å²) in [6.07, 6.45) is -0.956. The van der Waals surface area contributed by atoms with E-state index in [1.54, 1.807) is 6.20 Å². The molecule has 2 rings (SSSR count). The van der Waals surface area contributed by atoms with Crippen LogP contribution in [0.3, 0.4) is 0 Å². The van der Waals surface area contributed by atoms with Crippen molar-refractivity contribution in [3.05, 3.63) is 48.0 Å². The van der Waals surface area contributed by atoms with Crippen LogP contribution in [0.15, 0.2) is 41.7 Å². The summed E-state index contributed by atoms with van der Waals surface area (Å²) >= 11 is 0. The second-order valence-electron chi connectivity index (χ2n) is 5.45. The first kappa shape index (κ1) is 23.9. The van der Waals surface area contributed by atoms with Gasteiger partial charge in [0.15, 0.2) is 5.96 Å². The second-order valence-corrected chi connectivity index (χ2v) is 5.45. The smallest absolute Gasteiger partial charge is 0.357 e. The number of nitrogens with one attached hydrogen (secondary N) is 3. The number of pyridine rings is 1. The number of hydrogen-bond acceptors (Lipinski definition) is 5. The molecule has 0 saturated carbocycles. The van der Waals surface area contributed by atoms with E-state index in [0.29, 0.717) is 38.6 Å². The second kappa shape index (κ2) is 12.3. The lowest BCUT2D eigenvalue weighted by Crippen LogP contribution is -2.39.